The topological polar surface area (TPSA) is 21.6 Å². The predicted molar refractivity (Wildman–Crippen MR) is 90.2 cm³/mol. The third kappa shape index (κ3) is 3.14. The van der Waals surface area contributed by atoms with E-state index in [4.69, 9.17) is 16.3 Å². The number of hydrogen-bond donors (Lipinski definition) is 0. The Morgan fingerprint density at radius 2 is 1.86 bits per heavy atom. The highest BCUT2D eigenvalue weighted by atomic mass is 79.9. The van der Waals surface area contributed by atoms with Crippen LogP contribution in [0.15, 0.2) is 58.0 Å². The first-order valence-electron chi connectivity index (χ1n) is 6.82. The molecule has 3 rings (SSSR count). The van der Waals surface area contributed by atoms with Crippen molar-refractivity contribution in [2.24, 2.45) is 4.99 Å². The molecule has 0 aliphatic carbocycles. The molecular weight excluding hydrogens is 350 g/mol. The van der Waals surface area contributed by atoms with Crippen LogP contribution in [-0.2, 0) is 4.74 Å². The van der Waals surface area contributed by atoms with Crippen molar-refractivity contribution in [2.75, 3.05) is 6.54 Å². The Labute approximate surface area is 137 Å². The number of rotatable bonds is 2. The highest BCUT2D eigenvalue weighted by Crippen LogP contribution is 2.32. The van der Waals surface area contributed by atoms with Gasteiger partial charge in [0.05, 0.1) is 11.9 Å². The molecule has 2 nitrogen and oxygen atoms in total. The molecule has 0 radical (unpaired) electrons. The third-order valence-corrected chi connectivity index (χ3v) is 4.46. The first-order chi connectivity index (χ1) is 10.1. The Kier molecular flexibility index (Phi) is 4.32. The zero-order chi connectivity index (χ0) is 14.8. The second kappa shape index (κ2) is 6.20. The fraction of sp³-hybridized carbons (Fsp3) is 0.235. The van der Waals surface area contributed by atoms with Gasteiger partial charge in [-0.2, -0.15) is 0 Å². The molecule has 2 aromatic rings. The molecule has 1 aliphatic heterocycles. The number of aliphatic imine (C=N–C) groups is 1. The van der Waals surface area contributed by atoms with Gasteiger partial charge < -0.3 is 4.74 Å². The summed E-state index contributed by atoms with van der Waals surface area (Å²) in [6, 6.07) is 16.1. The van der Waals surface area contributed by atoms with Gasteiger partial charge in [-0.05, 0) is 42.3 Å². The van der Waals surface area contributed by atoms with Crippen molar-refractivity contribution in [3.05, 3.63) is 69.7 Å². The van der Waals surface area contributed by atoms with Crippen LogP contribution in [0, 0.1) is 6.92 Å². The Balaban J connectivity index is 1.90. The number of halogens is 2. The van der Waals surface area contributed by atoms with E-state index in [-0.39, 0.29) is 11.5 Å². The van der Waals surface area contributed by atoms with E-state index in [1.165, 1.54) is 5.56 Å². The molecule has 0 saturated heterocycles. The SMILES string of the molecule is Cc1ccccc1[C@@H]1OC(c2ccc(Br)cc2)=NC[C@@H]1Cl. The third-order valence-electron chi connectivity index (χ3n) is 3.56. The Bertz CT molecular complexity index is 669. The van der Waals surface area contributed by atoms with Crippen molar-refractivity contribution >= 4 is 33.4 Å². The summed E-state index contributed by atoms with van der Waals surface area (Å²) in [6.45, 7) is 2.64. The molecule has 0 N–H and O–H groups in total. The number of hydrogen-bond acceptors (Lipinski definition) is 2. The van der Waals surface area contributed by atoms with E-state index in [0.29, 0.717) is 12.4 Å². The minimum atomic E-state index is -0.163. The maximum atomic E-state index is 6.43. The van der Waals surface area contributed by atoms with Crippen LogP contribution in [0.3, 0.4) is 0 Å². The molecule has 2 aromatic carbocycles. The van der Waals surface area contributed by atoms with Crippen molar-refractivity contribution in [1.29, 1.82) is 0 Å². The van der Waals surface area contributed by atoms with E-state index >= 15 is 0 Å². The molecule has 0 fully saturated rings. The second-order valence-electron chi connectivity index (χ2n) is 5.06. The van der Waals surface area contributed by atoms with Gasteiger partial charge in [-0.3, -0.25) is 0 Å². The molecule has 0 bridgehead atoms. The summed E-state index contributed by atoms with van der Waals surface area (Å²) in [6.07, 6.45) is -0.163. The van der Waals surface area contributed by atoms with Gasteiger partial charge >= 0.3 is 0 Å². The number of aryl methyl sites for hydroxylation is 1. The zero-order valence-corrected chi connectivity index (χ0v) is 13.9. The molecule has 0 unspecified atom stereocenters. The van der Waals surface area contributed by atoms with Gasteiger partial charge in [0.2, 0.25) is 5.90 Å². The average Bonchev–Trinajstić information content (AvgIpc) is 2.50. The number of benzene rings is 2. The first kappa shape index (κ1) is 14.6. The van der Waals surface area contributed by atoms with Crippen molar-refractivity contribution in [3.63, 3.8) is 0 Å². The number of ether oxygens (including phenoxy) is 1. The molecule has 0 spiro atoms. The van der Waals surface area contributed by atoms with Crippen LogP contribution in [0.1, 0.15) is 22.8 Å². The summed E-state index contributed by atoms with van der Waals surface area (Å²) < 4.78 is 7.13. The maximum Gasteiger partial charge on any atom is 0.216 e. The van der Waals surface area contributed by atoms with E-state index in [9.17, 15) is 0 Å². The Hall–Kier alpha value is -1.32. The molecule has 4 heteroatoms. The van der Waals surface area contributed by atoms with Gasteiger partial charge in [0, 0.05) is 10.0 Å². The van der Waals surface area contributed by atoms with Crippen molar-refractivity contribution in [1.82, 2.24) is 0 Å². The summed E-state index contributed by atoms with van der Waals surface area (Å²) in [5.74, 6) is 0.660. The lowest BCUT2D eigenvalue weighted by molar-refractivity contribution is 0.173. The summed E-state index contributed by atoms with van der Waals surface area (Å²) >= 11 is 9.86. The van der Waals surface area contributed by atoms with Crippen LogP contribution in [0.25, 0.3) is 0 Å². The van der Waals surface area contributed by atoms with E-state index in [1.807, 2.05) is 36.4 Å². The summed E-state index contributed by atoms with van der Waals surface area (Å²) in [5.41, 5.74) is 3.28. The van der Waals surface area contributed by atoms with Crippen molar-refractivity contribution < 1.29 is 4.74 Å². The van der Waals surface area contributed by atoms with Gasteiger partial charge in [-0.25, -0.2) is 4.99 Å². The van der Waals surface area contributed by atoms with Crippen LogP contribution >= 0.6 is 27.5 Å². The predicted octanol–water partition coefficient (Wildman–Crippen LogP) is 4.88. The molecule has 0 saturated carbocycles. The molecule has 0 aromatic heterocycles. The quantitative estimate of drug-likeness (QED) is 0.696. The van der Waals surface area contributed by atoms with E-state index < -0.39 is 0 Å². The average molecular weight is 365 g/mol. The van der Waals surface area contributed by atoms with Gasteiger partial charge in [-0.1, -0.05) is 40.2 Å². The summed E-state index contributed by atoms with van der Waals surface area (Å²) in [7, 11) is 0. The molecule has 1 heterocycles. The van der Waals surface area contributed by atoms with Crippen LogP contribution in [0.2, 0.25) is 0 Å². The van der Waals surface area contributed by atoms with Crippen LogP contribution in [0.5, 0.6) is 0 Å². The lowest BCUT2D eigenvalue weighted by Gasteiger charge is -2.29. The second-order valence-corrected chi connectivity index (χ2v) is 6.54. The largest absolute Gasteiger partial charge is 0.468 e. The van der Waals surface area contributed by atoms with Crippen LogP contribution in [0.4, 0.5) is 0 Å². The standard InChI is InChI=1S/C17H15BrClNO/c1-11-4-2-3-5-14(11)16-15(19)10-20-17(21-16)12-6-8-13(18)9-7-12/h2-9,15-16H,10H2,1H3/t15-,16-/m0/s1. The highest BCUT2D eigenvalue weighted by molar-refractivity contribution is 9.10. The lowest BCUT2D eigenvalue weighted by atomic mass is 10.00. The zero-order valence-electron chi connectivity index (χ0n) is 11.6. The molecule has 1 aliphatic rings. The lowest BCUT2D eigenvalue weighted by Crippen LogP contribution is -2.29. The number of alkyl halides is 1. The smallest absolute Gasteiger partial charge is 0.216 e. The first-order valence-corrected chi connectivity index (χ1v) is 8.05. The van der Waals surface area contributed by atoms with Crippen LogP contribution < -0.4 is 0 Å². The van der Waals surface area contributed by atoms with Gasteiger partial charge in [-0.15, -0.1) is 11.6 Å². The van der Waals surface area contributed by atoms with Gasteiger partial charge in [0.1, 0.15) is 6.10 Å². The highest BCUT2D eigenvalue weighted by Gasteiger charge is 2.29. The minimum absolute atomic E-state index is 0.148. The van der Waals surface area contributed by atoms with E-state index in [1.54, 1.807) is 0 Å². The Morgan fingerprint density at radius 3 is 2.57 bits per heavy atom. The van der Waals surface area contributed by atoms with Crippen molar-refractivity contribution in [2.45, 2.75) is 18.4 Å². The summed E-state index contributed by atoms with van der Waals surface area (Å²) in [5, 5.41) is -0.148. The van der Waals surface area contributed by atoms with E-state index in [2.05, 4.69) is 40.0 Å². The minimum Gasteiger partial charge on any atom is -0.468 e. The molecule has 108 valence electrons. The fourth-order valence-corrected chi connectivity index (χ4v) is 2.93. The van der Waals surface area contributed by atoms with Crippen molar-refractivity contribution in [3.8, 4) is 0 Å². The van der Waals surface area contributed by atoms with Gasteiger partial charge in [0.15, 0.2) is 0 Å². The number of nitrogens with zero attached hydrogens (tertiary/aromatic N) is 1. The summed E-state index contributed by atoms with van der Waals surface area (Å²) in [4.78, 5) is 4.46. The molecule has 2 atom stereocenters. The van der Waals surface area contributed by atoms with Crippen LogP contribution in [-0.4, -0.2) is 17.8 Å². The maximum absolute atomic E-state index is 6.43. The Morgan fingerprint density at radius 1 is 1.14 bits per heavy atom. The monoisotopic (exact) mass is 363 g/mol. The van der Waals surface area contributed by atoms with E-state index in [0.717, 1.165) is 15.6 Å². The molecule has 21 heavy (non-hydrogen) atoms. The van der Waals surface area contributed by atoms with Gasteiger partial charge in [0.25, 0.3) is 0 Å². The fourth-order valence-electron chi connectivity index (χ4n) is 2.41. The molecular formula is C17H15BrClNO. The molecule has 0 amide bonds. The normalized spacial score (nSPS) is 21.6.